The Hall–Kier alpha value is -1.64. The molecule has 18 heavy (non-hydrogen) atoms. The summed E-state index contributed by atoms with van der Waals surface area (Å²) in [5.41, 5.74) is 3.46. The molecule has 1 aliphatic rings. The van der Waals surface area contributed by atoms with Crippen molar-refractivity contribution in [3.8, 4) is 0 Å². The Morgan fingerprint density at radius 1 is 0.778 bits per heavy atom. The van der Waals surface area contributed by atoms with Crippen LogP contribution in [0.1, 0.15) is 23.6 Å². The fourth-order valence-electron chi connectivity index (χ4n) is 2.22. The van der Waals surface area contributed by atoms with Crippen molar-refractivity contribution in [3.05, 3.63) is 71.3 Å². The highest BCUT2D eigenvalue weighted by Crippen LogP contribution is 2.32. The molecule has 0 bridgehead atoms. The Morgan fingerprint density at radius 2 is 1.28 bits per heavy atom. The summed E-state index contributed by atoms with van der Waals surface area (Å²) in [7, 11) is 0. The van der Waals surface area contributed by atoms with Crippen molar-refractivity contribution in [3.63, 3.8) is 0 Å². The number of benzene rings is 2. The predicted octanol–water partition coefficient (Wildman–Crippen LogP) is 3.61. The molecule has 0 radical (unpaired) electrons. The molecule has 0 unspecified atom stereocenters. The SMILES string of the molecule is CC1(c2ccccc2)OCc2ccccc2CO1. The van der Waals surface area contributed by atoms with Gasteiger partial charge < -0.3 is 9.47 Å². The summed E-state index contributed by atoms with van der Waals surface area (Å²) in [4.78, 5) is 0. The molecule has 92 valence electrons. The van der Waals surface area contributed by atoms with Crippen LogP contribution in [0.5, 0.6) is 0 Å². The van der Waals surface area contributed by atoms with Crippen molar-refractivity contribution in [2.75, 3.05) is 0 Å². The third-order valence-electron chi connectivity index (χ3n) is 3.42. The van der Waals surface area contributed by atoms with E-state index in [1.165, 1.54) is 11.1 Å². The Kier molecular flexibility index (Phi) is 2.90. The molecule has 1 heterocycles. The Bertz CT molecular complexity index is 507. The van der Waals surface area contributed by atoms with Crippen LogP contribution in [0.2, 0.25) is 0 Å². The minimum atomic E-state index is -0.666. The summed E-state index contributed by atoms with van der Waals surface area (Å²) in [6.07, 6.45) is 0. The van der Waals surface area contributed by atoms with E-state index in [0.717, 1.165) is 5.56 Å². The molecule has 0 atom stereocenters. The fourth-order valence-corrected chi connectivity index (χ4v) is 2.22. The number of rotatable bonds is 1. The second kappa shape index (κ2) is 4.56. The van der Waals surface area contributed by atoms with Crippen LogP contribution in [-0.4, -0.2) is 0 Å². The van der Waals surface area contributed by atoms with Gasteiger partial charge in [-0.15, -0.1) is 0 Å². The normalized spacial score (nSPS) is 17.8. The van der Waals surface area contributed by atoms with Crippen LogP contribution >= 0.6 is 0 Å². The van der Waals surface area contributed by atoms with Gasteiger partial charge in [0.15, 0.2) is 5.79 Å². The second-order valence-corrected chi connectivity index (χ2v) is 4.66. The zero-order chi connectivity index (χ0) is 12.4. The van der Waals surface area contributed by atoms with E-state index in [2.05, 4.69) is 12.1 Å². The van der Waals surface area contributed by atoms with Gasteiger partial charge in [-0.3, -0.25) is 0 Å². The Labute approximate surface area is 107 Å². The number of hydrogen-bond acceptors (Lipinski definition) is 2. The van der Waals surface area contributed by atoms with Crippen LogP contribution in [-0.2, 0) is 28.5 Å². The van der Waals surface area contributed by atoms with Crippen LogP contribution in [0, 0.1) is 0 Å². The van der Waals surface area contributed by atoms with E-state index in [-0.39, 0.29) is 0 Å². The predicted molar refractivity (Wildman–Crippen MR) is 69.8 cm³/mol. The van der Waals surface area contributed by atoms with Crippen molar-refractivity contribution in [1.82, 2.24) is 0 Å². The van der Waals surface area contributed by atoms with E-state index in [9.17, 15) is 0 Å². The molecule has 2 aromatic rings. The zero-order valence-electron chi connectivity index (χ0n) is 10.4. The second-order valence-electron chi connectivity index (χ2n) is 4.66. The highest BCUT2D eigenvalue weighted by Gasteiger charge is 2.31. The van der Waals surface area contributed by atoms with Gasteiger partial charge in [0.2, 0.25) is 0 Å². The zero-order valence-corrected chi connectivity index (χ0v) is 10.4. The number of ether oxygens (including phenoxy) is 2. The van der Waals surface area contributed by atoms with E-state index in [1.54, 1.807) is 0 Å². The third-order valence-corrected chi connectivity index (χ3v) is 3.42. The molecular weight excluding hydrogens is 224 g/mol. The standard InChI is InChI=1S/C16H16O2/c1-16(15-9-3-2-4-10-15)17-11-13-7-5-6-8-14(13)12-18-16/h2-10H,11-12H2,1H3. The first-order valence-corrected chi connectivity index (χ1v) is 6.18. The largest absolute Gasteiger partial charge is 0.341 e. The third kappa shape index (κ3) is 2.05. The molecule has 0 aliphatic carbocycles. The minimum absolute atomic E-state index is 0.585. The molecule has 0 fully saturated rings. The van der Waals surface area contributed by atoms with Gasteiger partial charge in [-0.05, 0) is 18.1 Å². The van der Waals surface area contributed by atoms with E-state index in [4.69, 9.17) is 9.47 Å². The van der Waals surface area contributed by atoms with E-state index < -0.39 is 5.79 Å². The monoisotopic (exact) mass is 240 g/mol. The lowest BCUT2D eigenvalue weighted by Crippen LogP contribution is -2.27. The summed E-state index contributed by atoms with van der Waals surface area (Å²) in [5.74, 6) is -0.666. The van der Waals surface area contributed by atoms with Gasteiger partial charge in [-0.1, -0.05) is 54.6 Å². The van der Waals surface area contributed by atoms with Crippen molar-refractivity contribution in [1.29, 1.82) is 0 Å². The maximum absolute atomic E-state index is 5.98. The minimum Gasteiger partial charge on any atom is -0.341 e. The topological polar surface area (TPSA) is 18.5 Å². The molecule has 2 heteroatoms. The van der Waals surface area contributed by atoms with Crippen LogP contribution < -0.4 is 0 Å². The van der Waals surface area contributed by atoms with Crippen LogP contribution in [0.15, 0.2) is 54.6 Å². The summed E-state index contributed by atoms with van der Waals surface area (Å²) < 4.78 is 12.0. The van der Waals surface area contributed by atoms with Crippen molar-refractivity contribution >= 4 is 0 Å². The van der Waals surface area contributed by atoms with Crippen LogP contribution in [0.25, 0.3) is 0 Å². The van der Waals surface area contributed by atoms with Crippen LogP contribution in [0.3, 0.4) is 0 Å². The molecular formula is C16H16O2. The molecule has 2 nitrogen and oxygen atoms in total. The summed E-state index contributed by atoms with van der Waals surface area (Å²) in [6, 6.07) is 18.3. The van der Waals surface area contributed by atoms with Gasteiger partial charge in [0, 0.05) is 5.56 Å². The van der Waals surface area contributed by atoms with Crippen molar-refractivity contribution in [2.24, 2.45) is 0 Å². The molecule has 3 rings (SSSR count). The summed E-state index contributed by atoms with van der Waals surface area (Å²) in [5, 5.41) is 0. The number of fused-ring (bicyclic) bond motifs is 1. The quantitative estimate of drug-likeness (QED) is 0.758. The maximum atomic E-state index is 5.98. The van der Waals surface area contributed by atoms with E-state index in [1.807, 2.05) is 49.4 Å². The molecule has 0 N–H and O–H groups in total. The lowest BCUT2D eigenvalue weighted by atomic mass is 10.1. The molecule has 0 saturated heterocycles. The fraction of sp³-hybridized carbons (Fsp3) is 0.250. The molecule has 0 amide bonds. The Morgan fingerprint density at radius 3 is 1.83 bits per heavy atom. The lowest BCUT2D eigenvalue weighted by Gasteiger charge is -2.28. The highest BCUT2D eigenvalue weighted by atomic mass is 16.7. The smallest absolute Gasteiger partial charge is 0.192 e. The average molecular weight is 240 g/mol. The molecule has 2 aromatic carbocycles. The van der Waals surface area contributed by atoms with E-state index >= 15 is 0 Å². The first-order valence-electron chi connectivity index (χ1n) is 6.18. The van der Waals surface area contributed by atoms with Gasteiger partial charge in [0.05, 0.1) is 13.2 Å². The molecule has 1 aliphatic heterocycles. The van der Waals surface area contributed by atoms with Gasteiger partial charge in [-0.2, -0.15) is 0 Å². The van der Waals surface area contributed by atoms with Gasteiger partial charge >= 0.3 is 0 Å². The molecule has 0 aromatic heterocycles. The van der Waals surface area contributed by atoms with E-state index in [0.29, 0.717) is 13.2 Å². The van der Waals surface area contributed by atoms with Gasteiger partial charge in [0.1, 0.15) is 0 Å². The first-order chi connectivity index (χ1) is 8.78. The van der Waals surface area contributed by atoms with Crippen LogP contribution in [0.4, 0.5) is 0 Å². The summed E-state index contributed by atoms with van der Waals surface area (Å²) >= 11 is 0. The Balaban J connectivity index is 1.91. The molecule has 0 saturated carbocycles. The summed E-state index contributed by atoms with van der Waals surface area (Å²) in [6.45, 7) is 3.15. The lowest BCUT2D eigenvalue weighted by molar-refractivity contribution is -0.241. The number of hydrogen-bond donors (Lipinski definition) is 0. The average Bonchev–Trinajstić information content (AvgIpc) is 2.61. The first kappa shape index (κ1) is 11.5. The highest BCUT2D eigenvalue weighted by molar-refractivity contribution is 5.27. The van der Waals surface area contributed by atoms with Crippen molar-refractivity contribution in [2.45, 2.75) is 25.9 Å². The molecule has 0 spiro atoms. The van der Waals surface area contributed by atoms with Gasteiger partial charge in [-0.25, -0.2) is 0 Å². The maximum Gasteiger partial charge on any atom is 0.192 e. The van der Waals surface area contributed by atoms with Gasteiger partial charge in [0.25, 0.3) is 0 Å². The van der Waals surface area contributed by atoms with Crippen molar-refractivity contribution < 1.29 is 9.47 Å².